The number of rotatable bonds is 2. The molecule has 0 aromatic heterocycles. The second-order valence-corrected chi connectivity index (χ2v) is 5.25. The van der Waals surface area contributed by atoms with Gasteiger partial charge in [0, 0.05) is 31.7 Å². The molecule has 4 nitrogen and oxygen atoms in total. The number of aliphatic hydroxyl groups excluding tert-OH is 1. The van der Waals surface area contributed by atoms with Gasteiger partial charge in [0.1, 0.15) is 0 Å². The molecule has 4 heteroatoms. The molecule has 0 radical (unpaired) electrons. The lowest BCUT2D eigenvalue weighted by molar-refractivity contribution is -0.137. The summed E-state index contributed by atoms with van der Waals surface area (Å²) in [6.45, 7) is 1.80. The molecule has 1 amide bonds. The molecule has 3 unspecified atom stereocenters. The van der Waals surface area contributed by atoms with E-state index in [4.69, 9.17) is 10.8 Å². The van der Waals surface area contributed by atoms with Gasteiger partial charge < -0.3 is 15.7 Å². The number of hydrogen-bond acceptors (Lipinski definition) is 3. The van der Waals surface area contributed by atoms with E-state index in [-0.39, 0.29) is 30.4 Å². The van der Waals surface area contributed by atoms with E-state index in [0.29, 0.717) is 0 Å². The molecule has 0 aromatic rings. The Morgan fingerprint density at radius 2 is 2.19 bits per heavy atom. The SMILES string of the molecule is NC1CCC(C(=O)N2CCCC(CO)C2)C1. The Morgan fingerprint density at radius 3 is 2.81 bits per heavy atom. The van der Waals surface area contributed by atoms with Crippen molar-refractivity contribution >= 4 is 5.91 Å². The maximum atomic E-state index is 12.2. The Hall–Kier alpha value is -0.610. The summed E-state index contributed by atoms with van der Waals surface area (Å²) in [5.74, 6) is 0.700. The van der Waals surface area contributed by atoms with Crippen LogP contribution in [-0.4, -0.2) is 41.7 Å². The summed E-state index contributed by atoms with van der Waals surface area (Å²) in [5.41, 5.74) is 5.84. The van der Waals surface area contributed by atoms with Crippen molar-refractivity contribution in [2.75, 3.05) is 19.7 Å². The summed E-state index contributed by atoms with van der Waals surface area (Å²) in [7, 11) is 0. The maximum Gasteiger partial charge on any atom is 0.225 e. The standard InChI is InChI=1S/C12H22N2O2/c13-11-4-3-10(6-11)12(16)14-5-1-2-9(7-14)8-15/h9-11,15H,1-8,13H2. The number of aliphatic hydroxyl groups is 1. The van der Waals surface area contributed by atoms with Crippen LogP contribution in [0.2, 0.25) is 0 Å². The monoisotopic (exact) mass is 226 g/mol. The number of piperidine rings is 1. The third kappa shape index (κ3) is 2.55. The average Bonchev–Trinajstić information content (AvgIpc) is 2.75. The van der Waals surface area contributed by atoms with Gasteiger partial charge in [-0.1, -0.05) is 0 Å². The van der Waals surface area contributed by atoms with Gasteiger partial charge in [-0.3, -0.25) is 4.79 Å². The first kappa shape index (κ1) is 11.9. The first-order chi connectivity index (χ1) is 7.70. The maximum absolute atomic E-state index is 12.2. The van der Waals surface area contributed by atoms with Crippen LogP contribution >= 0.6 is 0 Å². The molecular weight excluding hydrogens is 204 g/mol. The van der Waals surface area contributed by atoms with Gasteiger partial charge in [0.25, 0.3) is 0 Å². The molecule has 1 aliphatic carbocycles. The molecule has 3 atom stereocenters. The van der Waals surface area contributed by atoms with Gasteiger partial charge in [0.15, 0.2) is 0 Å². The number of nitrogens with zero attached hydrogens (tertiary/aromatic N) is 1. The predicted octanol–water partition coefficient (Wildman–Crippen LogP) is 0.345. The van der Waals surface area contributed by atoms with Crippen molar-refractivity contribution in [1.29, 1.82) is 0 Å². The summed E-state index contributed by atoms with van der Waals surface area (Å²) >= 11 is 0. The lowest BCUT2D eigenvalue weighted by Gasteiger charge is -2.33. The average molecular weight is 226 g/mol. The summed E-state index contributed by atoms with van der Waals surface area (Å²) < 4.78 is 0. The number of amides is 1. The van der Waals surface area contributed by atoms with Gasteiger partial charge >= 0.3 is 0 Å². The number of likely N-dealkylation sites (tertiary alicyclic amines) is 1. The lowest BCUT2D eigenvalue weighted by atomic mass is 9.97. The van der Waals surface area contributed by atoms with Gasteiger partial charge in [-0.2, -0.15) is 0 Å². The molecule has 0 bridgehead atoms. The molecule has 2 aliphatic rings. The van der Waals surface area contributed by atoms with Crippen molar-refractivity contribution < 1.29 is 9.90 Å². The smallest absolute Gasteiger partial charge is 0.225 e. The molecule has 2 fully saturated rings. The van der Waals surface area contributed by atoms with Crippen LogP contribution < -0.4 is 5.73 Å². The van der Waals surface area contributed by atoms with Crippen LogP contribution in [-0.2, 0) is 4.79 Å². The molecule has 1 aliphatic heterocycles. The molecule has 1 heterocycles. The van der Waals surface area contributed by atoms with Gasteiger partial charge in [0.2, 0.25) is 5.91 Å². The largest absolute Gasteiger partial charge is 0.396 e. The molecule has 16 heavy (non-hydrogen) atoms. The van der Waals surface area contributed by atoms with Crippen LogP contribution in [0.5, 0.6) is 0 Å². The highest BCUT2D eigenvalue weighted by Gasteiger charge is 2.32. The quantitative estimate of drug-likeness (QED) is 0.714. The summed E-state index contributed by atoms with van der Waals surface area (Å²) in [4.78, 5) is 14.1. The van der Waals surface area contributed by atoms with Crippen LogP contribution in [0.15, 0.2) is 0 Å². The zero-order valence-electron chi connectivity index (χ0n) is 9.77. The Bertz CT molecular complexity index is 257. The number of nitrogens with two attached hydrogens (primary N) is 1. The van der Waals surface area contributed by atoms with E-state index in [2.05, 4.69) is 0 Å². The van der Waals surface area contributed by atoms with Crippen LogP contribution in [0.25, 0.3) is 0 Å². The normalized spacial score (nSPS) is 35.4. The molecule has 1 saturated heterocycles. The van der Waals surface area contributed by atoms with E-state index >= 15 is 0 Å². The van der Waals surface area contributed by atoms with E-state index in [1.807, 2.05) is 4.90 Å². The van der Waals surface area contributed by atoms with Crippen molar-refractivity contribution in [1.82, 2.24) is 4.90 Å². The third-order valence-electron chi connectivity index (χ3n) is 3.91. The van der Waals surface area contributed by atoms with Gasteiger partial charge in [-0.15, -0.1) is 0 Å². The minimum absolute atomic E-state index is 0.146. The predicted molar refractivity (Wildman–Crippen MR) is 61.7 cm³/mol. The fourth-order valence-corrected chi connectivity index (χ4v) is 2.91. The van der Waals surface area contributed by atoms with Crippen molar-refractivity contribution in [2.24, 2.45) is 17.6 Å². The highest BCUT2D eigenvalue weighted by atomic mass is 16.3. The van der Waals surface area contributed by atoms with Gasteiger partial charge in [-0.25, -0.2) is 0 Å². The van der Waals surface area contributed by atoms with Crippen molar-refractivity contribution in [3.8, 4) is 0 Å². The first-order valence-electron chi connectivity index (χ1n) is 6.36. The topological polar surface area (TPSA) is 66.6 Å². The molecule has 2 rings (SSSR count). The Morgan fingerprint density at radius 1 is 1.38 bits per heavy atom. The molecule has 0 aromatic carbocycles. The molecule has 0 spiro atoms. The van der Waals surface area contributed by atoms with Crippen molar-refractivity contribution in [2.45, 2.75) is 38.1 Å². The van der Waals surface area contributed by atoms with Crippen molar-refractivity contribution in [3.05, 3.63) is 0 Å². The number of carbonyl (C=O) groups excluding carboxylic acids is 1. The van der Waals surface area contributed by atoms with E-state index in [1.165, 1.54) is 0 Å². The molecule has 3 N–H and O–H groups in total. The number of hydrogen-bond donors (Lipinski definition) is 2. The minimum Gasteiger partial charge on any atom is -0.396 e. The zero-order valence-corrected chi connectivity index (χ0v) is 9.77. The minimum atomic E-state index is 0.146. The van der Waals surface area contributed by atoms with Gasteiger partial charge in [-0.05, 0) is 38.0 Å². The fourth-order valence-electron chi connectivity index (χ4n) is 2.91. The van der Waals surface area contributed by atoms with E-state index < -0.39 is 0 Å². The summed E-state index contributed by atoms with van der Waals surface area (Å²) in [6, 6.07) is 0.215. The summed E-state index contributed by atoms with van der Waals surface area (Å²) in [6.07, 6.45) is 4.84. The first-order valence-corrected chi connectivity index (χ1v) is 6.36. The van der Waals surface area contributed by atoms with Crippen LogP contribution in [0, 0.1) is 11.8 Å². The molecule has 92 valence electrons. The second-order valence-electron chi connectivity index (χ2n) is 5.25. The fraction of sp³-hybridized carbons (Fsp3) is 0.917. The van der Waals surface area contributed by atoms with Crippen LogP contribution in [0.3, 0.4) is 0 Å². The van der Waals surface area contributed by atoms with Crippen molar-refractivity contribution in [3.63, 3.8) is 0 Å². The van der Waals surface area contributed by atoms with E-state index in [0.717, 1.165) is 45.2 Å². The third-order valence-corrected chi connectivity index (χ3v) is 3.91. The van der Waals surface area contributed by atoms with Crippen LogP contribution in [0.4, 0.5) is 0 Å². The lowest BCUT2D eigenvalue weighted by Crippen LogP contribution is -2.43. The summed E-state index contributed by atoms with van der Waals surface area (Å²) in [5, 5.41) is 9.14. The molecule has 1 saturated carbocycles. The number of carbonyl (C=O) groups is 1. The Kier molecular flexibility index (Phi) is 3.82. The van der Waals surface area contributed by atoms with E-state index in [9.17, 15) is 4.79 Å². The van der Waals surface area contributed by atoms with Gasteiger partial charge in [0.05, 0.1) is 0 Å². The zero-order chi connectivity index (χ0) is 11.5. The second kappa shape index (κ2) is 5.15. The highest BCUT2D eigenvalue weighted by molar-refractivity contribution is 5.79. The molecular formula is C12H22N2O2. The Balaban J connectivity index is 1.89. The van der Waals surface area contributed by atoms with E-state index in [1.54, 1.807) is 0 Å². The highest BCUT2D eigenvalue weighted by Crippen LogP contribution is 2.27. The Labute approximate surface area is 96.8 Å². The van der Waals surface area contributed by atoms with Crippen LogP contribution in [0.1, 0.15) is 32.1 Å².